The van der Waals surface area contributed by atoms with Gasteiger partial charge >= 0.3 is 0 Å². The fraction of sp³-hybridized carbons (Fsp3) is 0.286. The van der Waals surface area contributed by atoms with Gasteiger partial charge in [0.15, 0.2) is 11.0 Å². The first kappa shape index (κ1) is 22.0. The van der Waals surface area contributed by atoms with Crippen molar-refractivity contribution in [2.45, 2.75) is 32.2 Å². The lowest BCUT2D eigenvalue weighted by Gasteiger charge is -2.11. The monoisotopic (exact) mass is 446 g/mol. The van der Waals surface area contributed by atoms with Gasteiger partial charge in [-0.15, -0.1) is 10.2 Å². The van der Waals surface area contributed by atoms with E-state index in [0.717, 1.165) is 17.1 Å². The predicted octanol–water partition coefficient (Wildman–Crippen LogP) is 4.58. The highest BCUT2D eigenvalue weighted by atomic mass is 35.5. The van der Waals surface area contributed by atoms with Crippen molar-refractivity contribution in [3.63, 3.8) is 0 Å². The molecule has 0 radical (unpaired) electrons. The van der Waals surface area contributed by atoms with Gasteiger partial charge in [0.1, 0.15) is 18.1 Å². The van der Waals surface area contributed by atoms with Gasteiger partial charge in [0.2, 0.25) is 5.91 Å². The zero-order valence-electron chi connectivity index (χ0n) is 17.0. The molecule has 0 saturated carbocycles. The number of aromatic nitrogens is 3. The molecule has 7 nitrogen and oxygen atoms in total. The molecule has 2 aromatic carbocycles. The van der Waals surface area contributed by atoms with Crippen molar-refractivity contribution in [1.82, 2.24) is 14.8 Å². The Balaban J connectivity index is 1.57. The molecular weight excluding hydrogens is 424 g/mol. The summed E-state index contributed by atoms with van der Waals surface area (Å²) in [5.41, 5.74) is 1.67. The second-order valence-corrected chi connectivity index (χ2v) is 7.79. The Morgan fingerprint density at radius 2 is 1.97 bits per heavy atom. The van der Waals surface area contributed by atoms with Crippen LogP contribution in [0.25, 0.3) is 0 Å². The van der Waals surface area contributed by atoms with Crippen LogP contribution in [0.1, 0.15) is 18.3 Å². The standard InChI is InChI=1S/C21H23ClN4O3S/c1-4-26-19(12-29-18-10-5-15(22)11-14(18)2)24-25-21(26)30-13-20(27)23-16-6-8-17(28-3)9-7-16/h5-11H,4,12-13H2,1-3H3,(H,23,27). The Morgan fingerprint density at radius 3 is 2.63 bits per heavy atom. The first-order chi connectivity index (χ1) is 14.5. The molecule has 0 aliphatic rings. The molecule has 1 heterocycles. The first-order valence-corrected chi connectivity index (χ1v) is 10.7. The molecule has 0 unspecified atom stereocenters. The van der Waals surface area contributed by atoms with Crippen LogP contribution in [0.2, 0.25) is 5.02 Å². The number of amides is 1. The van der Waals surface area contributed by atoms with Crippen LogP contribution in [0.5, 0.6) is 11.5 Å². The molecule has 0 spiro atoms. The van der Waals surface area contributed by atoms with Crippen LogP contribution in [0, 0.1) is 6.92 Å². The minimum Gasteiger partial charge on any atom is -0.497 e. The Hall–Kier alpha value is -2.71. The number of carbonyl (C=O) groups excluding carboxylic acids is 1. The van der Waals surface area contributed by atoms with Crippen molar-refractivity contribution < 1.29 is 14.3 Å². The van der Waals surface area contributed by atoms with E-state index in [-0.39, 0.29) is 18.3 Å². The number of thioether (sulfide) groups is 1. The van der Waals surface area contributed by atoms with Gasteiger partial charge in [0, 0.05) is 17.3 Å². The number of nitrogens with zero attached hydrogens (tertiary/aromatic N) is 3. The van der Waals surface area contributed by atoms with Crippen molar-refractivity contribution >= 4 is 35.0 Å². The quantitative estimate of drug-likeness (QED) is 0.485. The lowest BCUT2D eigenvalue weighted by Crippen LogP contribution is -2.15. The highest BCUT2D eigenvalue weighted by molar-refractivity contribution is 7.99. The van der Waals surface area contributed by atoms with E-state index in [2.05, 4.69) is 15.5 Å². The average Bonchev–Trinajstić information content (AvgIpc) is 3.14. The molecule has 3 rings (SSSR count). The van der Waals surface area contributed by atoms with Crippen LogP contribution < -0.4 is 14.8 Å². The number of hydrogen-bond acceptors (Lipinski definition) is 6. The Bertz CT molecular complexity index is 1010. The second-order valence-electron chi connectivity index (χ2n) is 6.41. The van der Waals surface area contributed by atoms with Crippen molar-refractivity contribution in [2.75, 3.05) is 18.2 Å². The van der Waals surface area contributed by atoms with Crippen molar-refractivity contribution in [2.24, 2.45) is 0 Å². The van der Waals surface area contributed by atoms with E-state index >= 15 is 0 Å². The number of nitrogens with one attached hydrogen (secondary N) is 1. The molecule has 1 aromatic heterocycles. The van der Waals surface area contributed by atoms with E-state index in [1.807, 2.05) is 30.5 Å². The van der Waals surface area contributed by atoms with Gasteiger partial charge in [-0.3, -0.25) is 4.79 Å². The number of methoxy groups -OCH3 is 1. The average molecular weight is 447 g/mol. The first-order valence-electron chi connectivity index (χ1n) is 9.38. The zero-order valence-corrected chi connectivity index (χ0v) is 18.6. The van der Waals surface area contributed by atoms with Gasteiger partial charge in [0.05, 0.1) is 12.9 Å². The van der Waals surface area contributed by atoms with Gasteiger partial charge in [-0.2, -0.15) is 0 Å². The molecule has 158 valence electrons. The summed E-state index contributed by atoms with van der Waals surface area (Å²) in [5.74, 6) is 2.29. The van der Waals surface area contributed by atoms with Crippen LogP contribution in [-0.2, 0) is 17.9 Å². The number of aryl methyl sites for hydroxylation is 1. The molecule has 0 saturated heterocycles. The third kappa shape index (κ3) is 5.67. The maximum absolute atomic E-state index is 12.3. The van der Waals surface area contributed by atoms with E-state index in [1.165, 1.54) is 11.8 Å². The molecule has 0 aliphatic heterocycles. The molecule has 1 amide bonds. The highest BCUT2D eigenvalue weighted by Gasteiger charge is 2.14. The lowest BCUT2D eigenvalue weighted by atomic mass is 10.2. The van der Waals surface area contributed by atoms with Crippen LogP contribution >= 0.6 is 23.4 Å². The topological polar surface area (TPSA) is 78.3 Å². The van der Waals surface area contributed by atoms with E-state index in [0.29, 0.717) is 28.2 Å². The summed E-state index contributed by atoms with van der Waals surface area (Å²) in [5, 5.41) is 12.6. The van der Waals surface area contributed by atoms with Crippen molar-refractivity contribution in [3.05, 3.63) is 58.9 Å². The third-order valence-electron chi connectivity index (χ3n) is 4.31. The molecule has 0 atom stereocenters. The second kappa shape index (κ2) is 10.4. The fourth-order valence-corrected chi connectivity index (χ4v) is 3.82. The third-order valence-corrected chi connectivity index (χ3v) is 5.51. The smallest absolute Gasteiger partial charge is 0.234 e. The number of hydrogen-bond donors (Lipinski definition) is 1. The van der Waals surface area contributed by atoms with Gasteiger partial charge in [-0.1, -0.05) is 23.4 Å². The summed E-state index contributed by atoms with van der Waals surface area (Å²) < 4.78 is 12.9. The summed E-state index contributed by atoms with van der Waals surface area (Å²) >= 11 is 7.32. The number of carbonyl (C=O) groups is 1. The lowest BCUT2D eigenvalue weighted by molar-refractivity contribution is -0.113. The minimum atomic E-state index is -0.120. The van der Waals surface area contributed by atoms with Gasteiger partial charge in [-0.25, -0.2) is 0 Å². The Kier molecular flexibility index (Phi) is 7.59. The maximum Gasteiger partial charge on any atom is 0.234 e. The van der Waals surface area contributed by atoms with Gasteiger partial charge < -0.3 is 19.4 Å². The van der Waals surface area contributed by atoms with E-state index in [1.54, 1.807) is 37.4 Å². The molecule has 0 bridgehead atoms. The van der Waals surface area contributed by atoms with Crippen molar-refractivity contribution in [1.29, 1.82) is 0 Å². The number of benzene rings is 2. The molecule has 9 heteroatoms. The van der Waals surface area contributed by atoms with E-state index < -0.39 is 0 Å². The molecule has 0 fully saturated rings. The normalized spacial score (nSPS) is 10.7. The molecule has 1 N–H and O–H groups in total. The molecule has 3 aromatic rings. The minimum absolute atomic E-state index is 0.120. The van der Waals surface area contributed by atoms with Crippen LogP contribution in [0.4, 0.5) is 5.69 Å². The van der Waals surface area contributed by atoms with Crippen molar-refractivity contribution in [3.8, 4) is 11.5 Å². The SMILES string of the molecule is CCn1c(COc2ccc(Cl)cc2C)nnc1SCC(=O)Nc1ccc(OC)cc1. The summed E-state index contributed by atoms with van der Waals surface area (Å²) in [6, 6.07) is 12.7. The number of halogens is 1. The largest absolute Gasteiger partial charge is 0.497 e. The van der Waals surface area contributed by atoms with Gasteiger partial charge in [-0.05, 0) is 61.9 Å². The fourth-order valence-electron chi connectivity index (χ4n) is 2.77. The number of anilines is 1. The van der Waals surface area contributed by atoms with E-state index in [4.69, 9.17) is 21.1 Å². The summed E-state index contributed by atoms with van der Waals surface area (Å²) in [7, 11) is 1.60. The van der Waals surface area contributed by atoms with Crippen LogP contribution in [-0.4, -0.2) is 33.5 Å². The molecule has 0 aliphatic carbocycles. The molecular formula is C21H23ClN4O3S. The Morgan fingerprint density at radius 1 is 1.20 bits per heavy atom. The van der Waals surface area contributed by atoms with Gasteiger partial charge in [0.25, 0.3) is 0 Å². The summed E-state index contributed by atoms with van der Waals surface area (Å²) in [6.45, 7) is 4.89. The Labute approximate surface area is 184 Å². The van der Waals surface area contributed by atoms with E-state index in [9.17, 15) is 4.79 Å². The maximum atomic E-state index is 12.3. The number of ether oxygens (including phenoxy) is 2. The van der Waals surface area contributed by atoms with Crippen LogP contribution in [0.3, 0.4) is 0 Å². The summed E-state index contributed by atoms with van der Waals surface area (Å²) in [6.07, 6.45) is 0. The highest BCUT2D eigenvalue weighted by Crippen LogP contribution is 2.24. The predicted molar refractivity (Wildman–Crippen MR) is 119 cm³/mol. The zero-order chi connectivity index (χ0) is 21.5. The number of rotatable bonds is 9. The van der Waals surface area contributed by atoms with Crippen LogP contribution in [0.15, 0.2) is 47.6 Å². The summed E-state index contributed by atoms with van der Waals surface area (Å²) in [4.78, 5) is 12.3. The molecule has 30 heavy (non-hydrogen) atoms.